The van der Waals surface area contributed by atoms with Crippen LogP contribution in [0.1, 0.15) is 40.5 Å². The van der Waals surface area contributed by atoms with Gasteiger partial charge in [0.15, 0.2) is 16.4 Å². The number of carboxylic acids is 1. The molecule has 166 valence electrons. The lowest BCUT2D eigenvalue weighted by molar-refractivity contribution is -0.132. The van der Waals surface area contributed by atoms with Crippen LogP contribution in [-0.4, -0.2) is 72.9 Å². The van der Waals surface area contributed by atoms with E-state index in [1.165, 1.54) is 5.56 Å². The molecule has 2 aromatic heterocycles. The average molecular weight is 458 g/mol. The predicted molar refractivity (Wildman–Crippen MR) is 113 cm³/mol. The number of benzene rings is 1. The van der Waals surface area contributed by atoms with Crippen LogP contribution in [0.2, 0.25) is 5.15 Å². The number of fused-ring (bicyclic) bond motifs is 1. The van der Waals surface area contributed by atoms with E-state index in [0.29, 0.717) is 13.1 Å². The second kappa shape index (κ2) is 8.64. The molecule has 0 spiro atoms. The molecule has 0 bridgehead atoms. The Bertz CT molecular complexity index is 1200. The van der Waals surface area contributed by atoms with E-state index in [9.17, 15) is 14.4 Å². The molecule has 11 heteroatoms. The molecule has 3 aromatic rings. The Morgan fingerprint density at radius 3 is 2.53 bits per heavy atom. The Kier molecular flexibility index (Phi) is 5.90. The number of amides is 1. The average Bonchev–Trinajstić information content (AvgIpc) is 3.17. The predicted octanol–water partition coefficient (Wildman–Crippen LogP) is 2.27. The first-order valence-corrected chi connectivity index (χ1v) is 10.3. The fourth-order valence-electron chi connectivity index (χ4n) is 3.79. The number of ketones is 1. The second-order valence-electron chi connectivity index (χ2n) is 7.75. The highest BCUT2D eigenvalue weighted by molar-refractivity contribution is 6.41. The van der Waals surface area contributed by atoms with Gasteiger partial charge in [-0.05, 0) is 19.4 Å². The van der Waals surface area contributed by atoms with E-state index in [-0.39, 0.29) is 34.1 Å². The van der Waals surface area contributed by atoms with Crippen molar-refractivity contribution < 1.29 is 24.0 Å². The molecule has 3 heterocycles. The Hall–Kier alpha value is -3.37. The normalized spacial score (nSPS) is 19.3. The number of aliphatic carboxylic acids is 1. The molecule has 0 unspecified atom stereocenters. The quantitative estimate of drug-likeness (QED) is 0.452. The number of nitrogens with zero attached hydrogens (tertiary/aromatic N) is 5. The van der Waals surface area contributed by atoms with Crippen molar-refractivity contribution in [2.45, 2.75) is 32.5 Å². The third kappa shape index (κ3) is 4.06. The van der Waals surface area contributed by atoms with E-state index in [4.69, 9.17) is 21.2 Å². The highest BCUT2D eigenvalue weighted by atomic mass is 35.5. The van der Waals surface area contributed by atoms with Gasteiger partial charge in [-0.3, -0.25) is 14.5 Å². The molecule has 32 heavy (non-hydrogen) atoms. The highest BCUT2D eigenvalue weighted by Crippen LogP contribution is 2.25. The van der Waals surface area contributed by atoms with Gasteiger partial charge in [-0.2, -0.15) is 0 Å². The summed E-state index contributed by atoms with van der Waals surface area (Å²) in [5, 5.41) is 12.3. The largest absolute Gasteiger partial charge is 0.475 e. The molecule has 1 fully saturated rings. The number of hydrogen-bond donors (Lipinski definition) is 1. The summed E-state index contributed by atoms with van der Waals surface area (Å²) in [6.07, 6.45) is 0. The maximum atomic E-state index is 13.3. The Labute approximate surface area is 187 Å². The number of carbonyl (C=O) groups is 3. The molecule has 1 aliphatic rings. The van der Waals surface area contributed by atoms with Crippen molar-refractivity contribution in [3.63, 3.8) is 0 Å². The van der Waals surface area contributed by atoms with Gasteiger partial charge in [-0.25, -0.2) is 14.8 Å². The lowest BCUT2D eigenvalue weighted by Gasteiger charge is -2.44. The van der Waals surface area contributed by atoms with Crippen LogP contribution in [0.25, 0.3) is 11.2 Å². The number of halogens is 1. The summed E-state index contributed by atoms with van der Waals surface area (Å²) in [5.74, 6) is -4.12. The van der Waals surface area contributed by atoms with Gasteiger partial charge in [0, 0.05) is 31.7 Å². The SMILES string of the molecule is C[C@@H]1CN(Cc2ccccc2)[C@@H](C)CN1C(=O)c1nc2c(C(=O)C(=O)O)onc2nc1Cl. The molecule has 1 amide bonds. The standard InChI is InChI=1S/C21H20ClN5O5/c1-11-9-27(12(2)8-26(11)10-13-6-4-3-5-7-13)20(29)15-18(22)24-19-14(23-15)17(32-25-19)16(28)21(30)31/h3-7,11-12H,8-10H2,1-2H3,(H,30,31)/t11-,12+/m0/s1. The van der Waals surface area contributed by atoms with Crippen molar-refractivity contribution in [3.8, 4) is 0 Å². The first-order valence-electron chi connectivity index (χ1n) is 9.95. The minimum Gasteiger partial charge on any atom is -0.475 e. The second-order valence-corrected chi connectivity index (χ2v) is 8.11. The fraction of sp³-hybridized carbons (Fsp3) is 0.333. The lowest BCUT2D eigenvalue weighted by Crippen LogP contribution is -2.57. The molecule has 0 aliphatic carbocycles. The zero-order chi connectivity index (χ0) is 23.0. The van der Waals surface area contributed by atoms with Gasteiger partial charge in [-0.1, -0.05) is 47.1 Å². The van der Waals surface area contributed by atoms with Gasteiger partial charge in [-0.15, -0.1) is 0 Å². The van der Waals surface area contributed by atoms with Crippen molar-refractivity contribution in [1.29, 1.82) is 0 Å². The van der Waals surface area contributed by atoms with Gasteiger partial charge in [0.25, 0.3) is 5.91 Å². The van der Waals surface area contributed by atoms with Crippen LogP contribution in [-0.2, 0) is 11.3 Å². The lowest BCUT2D eigenvalue weighted by atomic mass is 10.1. The number of piperazine rings is 1. The van der Waals surface area contributed by atoms with Crippen LogP contribution in [0.4, 0.5) is 0 Å². The van der Waals surface area contributed by atoms with Crippen molar-refractivity contribution >= 4 is 40.4 Å². The van der Waals surface area contributed by atoms with E-state index in [1.54, 1.807) is 4.90 Å². The van der Waals surface area contributed by atoms with Gasteiger partial charge in [0.05, 0.1) is 0 Å². The number of hydrogen-bond acceptors (Lipinski definition) is 8. The van der Waals surface area contributed by atoms with Crippen LogP contribution in [0.15, 0.2) is 34.9 Å². The monoisotopic (exact) mass is 457 g/mol. The molecule has 2 atom stereocenters. The minimum absolute atomic E-state index is 0.0746. The summed E-state index contributed by atoms with van der Waals surface area (Å²) >= 11 is 6.17. The van der Waals surface area contributed by atoms with E-state index in [0.717, 1.165) is 6.54 Å². The number of aromatic nitrogens is 3. The molecular weight excluding hydrogens is 438 g/mol. The van der Waals surface area contributed by atoms with E-state index in [1.807, 2.05) is 32.0 Å². The summed E-state index contributed by atoms with van der Waals surface area (Å²) < 4.78 is 4.79. The van der Waals surface area contributed by atoms with Crippen molar-refractivity contribution in [1.82, 2.24) is 24.9 Å². The Balaban J connectivity index is 1.59. The van der Waals surface area contributed by atoms with Gasteiger partial charge >= 0.3 is 11.8 Å². The van der Waals surface area contributed by atoms with E-state index < -0.39 is 23.4 Å². The highest BCUT2D eigenvalue weighted by Gasteiger charge is 2.35. The molecule has 1 saturated heterocycles. The summed E-state index contributed by atoms with van der Waals surface area (Å²) in [7, 11) is 0. The van der Waals surface area contributed by atoms with Crippen LogP contribution < -0.4 is 0 Å². The maximum absolute atomic E-state index is 13.3. The Morgan fingerprint density at radius 1 is 1.12 bits per heavy atom. The zero-order valence-electron chi connectivity index (χ0n) is 17.4. The fourth-order valence-corrected chi connectivity index (χ4v) is 4.00. The third-order valence-corrected chi connectivity index (χ3v) is 5.74. The number of carboxylic acid groups (broad SMARTS) is 1. The van der Waals surface area contributed by atoms with Crippen molar-refractivity contribution in [2.75, 3.05) is 13.1 Å². The molecule has 0 radical (unpaired) electrons. The Morgan fingerprint density at radius 2 is 1.84 bits per heavy atom. The molecular formula is C21H20ClN5O5. The molecule has 1 aromatic carbocycles. The minimum atomic E-state index is -1.73. The molecule has 1 N–H and O–H groups in total. The number of rotatable bonds is 5. The van der Waals surface area contributed by atoms with E-state index in [2.05, 4.69) is 32.2 Å². The van der Waals surface area contributed by atoms with Crippen molar-refractivity contribution in [3.05, 3.63) is 52.5 Å². The zero-order valence-corrected chi connectivity index (χ0v) is 18.1. The van der Waals surface area contributed by atoms with Crippen LogP contribution >= 0.6 is 11.6 Å². The maximum Gasteiger partial charge on any atom is 0.380 e. The summed E-state index contributed by atoms with van der Waals surface area (Å²) in [5.41, 5.74) is 0.643. The van der Waals surface area contributed by atoms with Gasteiger partial charge < -0.3 is 14.5 Å². The van der Waals surface area contributed by atoms with Gasteiger partial charge in [0.1, 0.15) is 0 Å². The molecule has 10 nitrogen and oxygen atoms in total. The first-order chi connectivity index (χ1) is 15.3. The van der Waals surface area contributed by atoms with Crippen LogP contribution in [0.5, 0.6) is 0 Å². The molecule has 0 saturated carbocycles. The first kappa shape index (κ1) is 21.8. The summed E-state index contributed by atoms with van der Waals surface area (Å²) in [4.78, 5) is 48.2. The smallest absolute Gasteiger partial charge is 0.380 e. The topological polar surface area (TPSA) is 130 Å². The molecule has 1 aliphatic heterocycles. The molecule has 4 rings (SSSR count). The third-order valence-electron chi connectivity index (χ3n) is 5.48. The number of carbonyl (C=O) groups excluding carboxylic acids is 2. The van der Waals surface area contributed by atoms with Crippen molar-refractivity contribution in [2.24, 2.45) is 0 Å². The number of Topliss-reactive ketones (excluding diaryl/α,β-unsaturated/α-hetero) is 1. The summed E-state index contributed by atoms with van der Waals surface area (Å²) in [6, 6.07) is 10.0. The van der Waals surface area contributed by atoms with Crippen LogP contribution in [0.3, 0.4) is 0 Å². The summed E-state index contributed by atoms with van der Waals surface area (Å²) in [6.45, 7) is 5.82. The van der Waals surface area contributed by atoms with Crippen LogP contribution in [0, 0.1) is 0 Å². The van der Waals surface area contributed by atoms with Gasteiger partial charge in [0.2, 0.25) is 11.4 Å². The van der Waals surface area contributed by atoms with E-state index >= 15 is 0 Å².